The van der Waals surface area contributed by atoms with Crippen molar-refractivity contribution in [1.29, 1.82) is 5.26 Å². The van der Waals surface area contributed by atoms with Gasteiger partial charge < -0.3 is 5.32 Å². The van der Waals surface area contributed by atoms with E-state index >= 15 is 0 Å². The van der Waals surface area contributed by atoms with Gasteiger partial charge in [-0.1, -0.05) is 18.7 Å². The Bertz CT molecular complexity index is 1340. The van der Waals surface area contributed by atoms with Crippen molar-refractivity contribution in [3.63, 3.8) is 0 Å². The first-order valence-corrected chi connectivity index (χ1v) is 9.06. The van der Waals surface area contributed by atoms with E-state index in [-0.39, 0.29) is 5.91 Å². The third kappa shape index (κ3) is 3.72. The molecule has 0 fully saturated rings. The highest BCUT2D eigenvalue weighted by Gasteiger charge is 2.11. The number of aromatic nitrogens is 5. The van der Waals surface area contributed by atoms with Crippen LogP contribution in [-0.2, 0) is 11.8 Å². The molecule has 1 N–H and O–H groups in total. The number of nitrogens with zero attached hydrogens (tertiary/aromatic N) is 6. The van der Waals surface area contributed by atoms with Crippen LogP contribution >= 0.6 is 0 Å². The van der Waals surface area contributed by atoms with Gasteiger partial charge in [0.15, 0.2) is 0 Å². The number of carbonyl (C=O) groups excluding carboxylic acids is 1. The fraction of sp³-hybridized carbons (Fsp3) is 0.0455. The highest BCUT2D eigenvalue weighted by atomic mass is 16.1. The second kappa shape index (κ2) is 7.85. The number of carbonyl (C=O) groups is 1. The van der Waals surface area contributed by atoms with Crippen LogP contribution in [0.25, 0.3) is 28.8 Å². The Balaban J connectivity index is 1.77. The molecule has 4 aromatic heterocycles. The van der Waals surface area contributed by atoms with Gasteiger partial charge in [0, 0.05) is 36.1 Å². The van der Waals surface area contributed by atoms with Gasteiger partial charge in [-0.2, -0.15) is 15.5 Å². The number of hydrogen-bond donors (Lipinski definition) is 1. The van der Waals surface area contributed by atoms with Gasteiger partial charge in [0.25, 0.3) is 0 Å². The van der Waals surface area contributed by atoms with E-state index in [0.717, 1.165) is 16.7 Å². The normalized spacial score (nSPS) is 10.9. The first-order valence-electron chi connectivity index (χ1n) is 9.06. The Morgan fingerprint density at radius 1 is 1.20 bits per heavy atom. The van der Waals surface area contributed by atoms with Crippen molar-refractivity contribution in [3.8, 4) is 17.2 Å². The quantitative estimate of drug-likeness (QED) is 0.523. The van der Waals surface area contributed by atoms with Gasteiger partial charge >= 0.3 is 0 Å². The summed E-state index contributed by atoms with van der Waals surface area (Å²) in [4.78, 5) is 15.9. The lowest BCUT2D eigenvalue weighted by molar-refractivity contribution is -0.111. The Morgan fingerprint density at radius 3 is 2.80 bits per heavy atom. The zero-order valence-electron chi connectivity index (χ0n) is 16.1. The van der Waals surface area contributed by atoms with Crippen LogP contribution in [0.5, 0.6) is 0 Å². The maximum atomic E-state index is 11.5. The summed E-state index contributed by atoms with van der Waals surface area (Å²) in [5.74, 6) is 0.103. The van der Waals surface area contributed by atoms with E-state index < -0.39 is 0 Å². The SMILES string of the molecule is C=CC(=O)Nc1cccc(/C=C/c2cc(-c3cnn(C)c3)cn3ncc(C#N)c23)n1. The van der Waals surface area contributed by atoms with Gasteiger partial charge in [0.05, 0.1) is 29.2 Å². The van der Waals surface area contributed by atoms with Crippen molar-refractivity contribution in [2.45, 2.75) is 0 Å². The third-order valence-corrected chi connectivity index (χ3v) is 4.44. The number of rotatable bonds is 5. The van der Waals surface area contributed by atoms with Crippen LogP contribution in [-0.4, -0.2) is 30.3 Å². The van der Waals surface area contributed by atoms with Crippen LogP contribution in [0, 0.1) is 11.3 Å². The van der Waals surface area contributed by atoms with Crippen LogP contribution in [0.3, 0.4) is 0 Å². The van der Waals surface area contributed by atoms with Gasteiger partial charge in [0.1, 0.15) is 11.9 Å². The average Bonchev–Trinajstić information content (AvgIpc) is 3.38. The molecular formula is C22H17N7O. The Morgan fingerprint density at radius 2 is 2.07 bits per heavy atom. The standard InChI is InChI=1S/C22H17N7O/c1-3-21(30)27-20-6-4-5-19(26-20)8-7-15-9-16(18-12-24-28(2)13-18)14-29-22(15)17(10-23)11-25-29/h3-9,11-14H,1H2,2H3,(H,26,27,30)/b8-7+. The van der Waals surface area contributed by atoms with Crippen LogP contribution in [0.4, 0.5) is 5.82 Å². The molecule has 1 amide bonds. The van der Waals surface area contributed by atoms with E-state index in [1.807, 2.05) is 43.7 Å². The highest BCUT2D eigenvalue weighted by Crippen LogP contribution is 2.26. The topological polar surface area (TPSA) is 101 Å². The molecule has 0 spiro atoms. The fourth-order valence-electron chi connectivity index (χ4n) is 3.06. The van der Waals surface area contributed by atoms with E-state index in [2.05, 4.69) is 33.1 Å². The number of nitrogens with one attached hydrogen (secondary N) is 1. The molecule has 8 heteroatoms. The smallest absolute Gasteiger partial charge is 0.248 e. The molecule has 0 aliphatic carbocycles. The van der Waals surface area contributed by atoms with Gasteiger partial charge in [-0.3, -0.25) is 9.48 Å². The third-order valence-electron chi connectivity index (χ3n) is 4.44. The Kier molecular flexibility index (Phi) is 4.93. The number of hydrogen-bond acceptors (Lipinski definition) is 5. The number of pyridine rings is 2. The molecule has 4 heterocycles. The highest BCUT2D eigenvalue weighted by molar-refractivity contribution is 5.98. The lowest BCUT2D eigenvalue weighted by Crippen LogP contribution is -2.08. The van der Waals surface area contributed by atoms with Crippen molar-refractivity contribution in [3.05, 3.63) is 78.5 Å². The first kappa shape index (κ1) is 18.8. The number of nitriles is 1. The summed E-state index contributed by atoms with van der Waals surface area (Å²) in [6, 6.07) is 9.48. The maximum absolute atomic E-state index is 11.5. The van der Waals surface area contributed by atoms with E-state index in [9.17, 15) is 10.1 Å². The molecule has 0 atom stereocenters. The minimum Gasteiger partial charge on any atom is -0.307 e. The summed E-state index contributed by atoms with van der Waals surface area (Å²) in [6.07, 6.45) is 12.0. The molecule has 0 aliphatic heterocycles. The van der Waals surface area contributed by atoms with Gasteiger partial charge in [-0.05, 0) is 30.4 Å². The first-order chi connectivity index (χ1) is 14.6. The van der Waals surface area contributed by atoms with E-state index in [0.29, 0.717) is 22.6 Å². The minimum atomic E-state index is -0.326. The number of fused-ring (bicyclic) bond motifs is 1. The summed E-state index contributed by atoms with van der Waals surface area (Å²) in [5, 5.41) is 20.6. The van der Waals surface area contributed by atoms with Crippen molar-refractivity contribution in [2.24, 2.45) is 7.05 Å². The molecule has 0 aliphatic rings. The van der Waals surface area contributed by atoms with Crippen molar-refractivity contribution < 1.29 is 4.79 Å². The average molecular weight is 395 g/mol. The van der Waals surface area contributed by atoms with E-state index in [1.165, 1.54) is 6.08 Å². The summed E-state index contributed by atoms with van der Waals surface area (Å²) >= 11 is 0. The molecular weight excluding hydrogens is 378 g/mol. The Labute approximate surface area is 172 Å². The molecule has 30 heavy (non-hydrogen) atoms. The summed E-state index contributed by atoms with van der Waals surface area (Å²) in [5.41, 5.74) is 4.51. The van der Waals surface area contributed by atoms with E-state index in [4.69, 9.17) is 0 Å². The summed E-state index contributed by atoms with van der Waals surface area (Å²) in [6.45, 7) is 3.44. The zero-order valence-corrected chi connectivity index (χ0v) is 16.1. The lowest BCUT2D eigenvalue weighted by atomic mass is 10.1. The second-order valence-corrected chi connectivity index (χ2v) is 6.52. The summed E-state index contributed by atoms with van der Waals surface area (Å²) in [7, 11) is 1.86. The maximum Gasteiger partial charge on any atom is 0.248 e. The molecule has 8 nitrogen and oxygen atoms in total. The molecule has 4 aromatic rings. The molecule has 0 saturated carbocycles. The largest absolute Gasteiger partial charge is 0.307 e. The number of aryl methyl sites for hydroxylation is 1. The van der Waals surface area contributed by atoms with Gasteiger partial charge in [-0.25, -0.2) is 9.50 Å². The monoisotopic (exact) mass is 395 g/mol. The van der Waals surface area contributed by atoms with Crippen molar-refractivity contribution >= 4 is 29.4 Å². The molecule has 146 valence electrons. The van der Waals surface area contributed by atoms with Crippen molar-refractivity contribution in [1.82, 2.24) is 24.4 Å². The molecule has 0 aromatic carbocycles. The molecule has 0 bridgehead atoms. The van der Waals surface area contributed by atoms with Gasteiger partial charge in [-0.15, -0.1) is 0 Å². The number of anilines is 1. The predicted molar refractivity (Wildman–Crippen MR) is 114 cm³/mol. The summed E-state index contributed by atoms with van der Waals surface area (Å²) < 4.78 is 3.42. The van der Waals surface area contributed by atoms with Crippen LogP contribution in [0.2, 0.25) is 0 Å². The zero-order chi connectivity index (χ0) is 21.1. The molecule has 0 unspecified atom stereocenters. The predicted octanol–water partition coefficient (Wildman–Crippen LogP) is 3.30. The molecule has 4 rings (SSSR count). The van der Waals surface area contributed by atoms with Crippen LogP contribution in [0.1, 0.15) is 16.8 Å². The minimum absolute atomic E-state index is 0.326. The number of amides is 1. The van der Waals surface area contributed by atoms with Gasteiger partial charge in [0.2, 0.25) is 5.91 Å². The lowest BCUT2D eigenvalue weighted by Gasteiger charge is -2.05. The second-order valence-electron chi connectivity index (χ2n) is 6.52. The molecule has 0 saturated heterocycles. The fourth-order valence-corrected chi connectivity index (χ4v) is 3.06. The Hall–Kier alpha value is -4.51. The van der Waals surface area contributed by atoms with E-state index in [1.54, 1.807) is 33.7 Å². The van der Waals surface area contributed by atoms with Crippen LogP contribution in [0.15, 0.2) is 61.7 Å². The van der Waals surface area contributed by atoms with Crippen LogP contribution < -0.4 is 5.32 Å². The molecule has 0 radical (unpaired) electrons. The van der Waals surface area contributed by atoms with Crippen molar-refractivity contribution in [2.75, 3.05) is 5.32 Å².